The lowest BCUT2D eigenvalue weighted by molar-refractivity contribution is 0.0123. The molecule has 2 rings (SSSR count). The average molecular weight is 355 g/mol. The van der Waals surface area contributed by atoms with E-state index in [1.165, 1.54) is 19.4 Å². The normalized spacial score (nSPS) is 24.8. The van der Waals surface area contributed by atoms with E-state index in [2.05, 4.69) is 46.9 Å². The number of rotatable bonds is 0. The predicted molar refractivity (Wildman–Crippen MR) is 106 cm³/mol. The fourth-order valence-electron chi connectivity index (χ4n) is 3.63. The minimum atomic E-state index is -0.401. The summed E-state index contributed by atoms with van der Waals surface area (Å²) in [5.74, 6) is 0. The minimum Gasteiger partial charge on any atom is -0.444 e. The number of nitrogens with one attached hydrogen (secondary N) is 1. The van der Waals surface area contributed by atoms with E-state index < -0.39 is 5.60 Å². The van der Waals surface area contributed by atoms with E-state index in [0.29, 0.717) is 11.5 Å². The first-order chi connectivity index (χ1) is 11.2. The van der Waals surface area contributed by atoms with Gasteiger partial charge < -0.3 is 15.0 Å². The molecule has 1 amide bonds. The zero-order valence-electron chi connectivity index (χ0n) is 18.2. The van der Waals surface area contributed by atoms with Crippen molar-refractivity contribution in [3.8, 4) is 0 Å². The molecule has 0 saturated carbocycles. The molecule has 4 nitrogen and oxygen atoms in total. The van der Waals surface area contributed by atoms with Gasteiger partial charge in [-0.2, -0.15) is 0 Å². The number of amides is 1. The van der Waals surface area contributed by atoms with Crippen molar-refractivity contribution in [2.24, 2.45) is 10.8 Å². The molecule has 25 heavy (non-hydrogen) atoms. The molecule has 1 N–H and O–H groups in total. The number of carbonyl (C=O) groups excluding carboxylic acids is 1. The summed E-state index contributed by atoms with van der Waals surface area (Å²) in [4.78, 5) is 13.9. The van der Waals surface area contributed by atoms with Gasteiger partial charge in [0, 0.05) is 18.6 Å². The van der Waals surface area contributed by atoms with Gasteiger partial charge in [-0.3, -0.25) is 0 Å². The van der Waals surface area contributed by atoms with Crippen LogP contribution in [0.4, 0.5) is 4.79 Å². The predicted octanol–water partition coefficient (Wildman–Crippen LogP) is 5.22. The Morgan fingerprint density at radius 2 is 1.52 bits per heavy atom. The molecule has 2 fully saturated rings. The van der Waals surface area contributed by atoms with E-state index in [0.717, 1.165) is 25.4 Å². The fraction of sp³-hybridized carbons (Fsp3) is 0.952. The van der Waals surface area contributed by atoms with Gasteiger partial charge in [0.2, 0.25) is 0 Å². The van der Waals surface area contributed by atoms with Crippen LogP contribution in [0.1, 0.15) is 88.0 Å². The maximum Gasteiger partial charge on any atom is 0.410 e. The molecule has 0 aliphatic carbocycles. The zero-order valence-corrected chi connectivity index (χ0v) is 18.2. The van der Waals surface area contributed by atoms with Crippen LogP contribution < -0.4 is 5.32 Å². The highest BCUT2D eigenvalue weighted by Crippen LogP contribution is 2.33. The summed E-state index contributed by atoms with van der Waals surface area (Å²) in [6.07, 6.45) is 4.74. The van der Waals surface area contributed by atoms with Crippen molar-refractivity contribution in [2.45, 2.75) is 106 Å². The first-order valence-electron chi connectivity index (χ1n) is 9.95. The van der Waals surface area contributed by atoms with Crippen LogP contribution in [0.25, 0.3) is 0 Å². The van der Waals surface area contributed by atoms with Crippen molar-refractivity contribution < 1.29 is 9.53 Å². The Labute approximate surface area is 156 Å². The van der Waals surface area contributed by atoms with Crippen molar-refractivity contribution in [2.75, 3.05) is 13.1 Å². The summed E-state index contributed by atoms with van der Waals surface area (Å²) < 4.78 is 5.43. The van der Waals surface area contributed by atoms with E-state index in [9.17, 15) is 4.79 Å². The van der Waals surface area contributed by atoms with Gasteiger partial charge >= 0.3 is 6.09 Å². The van der Waals surface area contributed by atoms with E-state index in [1.807, 2.05) is 25.7 Å². The Balaban J connectivity index is 0.000000293. The molecule has 0 bridgehead atoms. The van der Waals surface area contributed by atoms with E-state index in [4.69, 9.17) is 4.74 Å². The minimum absolute atomic E-state index is 0.132. The first kappa shape index (κ1) is 22.3. The third-order valence-corrected chi connectivity index (χ3v) is 4.99. The molecule has 4 heteroatoms. The monoisotopic (exact) mass is 354 g/mol. The Morgan fingerprint density at radius 3 is 1.88 bits per heavy atom. The molecule has 0 spiro atoms. The van der Waals surface area contributed by atoms with Crippen molar-refractivity contribution in [3.63, 3.8) is 0 Å². The quantitative estimate of drug-likeness (QED) is 0.649. The lowest BCUT2D eigenvalue weighted by Crippen LogP contribution is -2.45. The van der Waals surface area contributed by atoms with Gasteiger partial charge in [-0.1, -0.05) is 41.5 Å². The number of carbonyl (C=O) groups is 1. The summed E-state index contributed by atoms with van der Waals surface area (Å²) in [5, 5.41) is 3.50. The maximum atomic E-state index is 12.0. The second kappa shape index (κ2) is 8.28. The Morgan fingerprint density at radius 1 is 0.920 bits per heavy atom. The molecule has 0 aromatic heterocycles. The Hall–Kier alpha value is -0.770. The lowest BCUT2D eigenvalue weighted by Gasteiger charge is -2.35. The maximum absolute atomic E-state index is 12.0. The smallest absolute Gasteiger partial charge is 0.410 e. The molecule has 0 aromatic rings. The van der Waals surface area contributed by atoms with Crippen molar-refractivity contribution >= 4 is 6.09 Å². The van der Waals surface area contributed by atoms with Crippen LogP contribution in [-0.2, 0) is 4.74 Å². The molecular formula is C21H42N2O2. The van der Waals surface area contributed by atoms with Gasteiger partial charge in [-0.15, -0.1) is 0 Å². The molecule has 148 valence electrons. The molecule has 0 radical (unpaired) electrons. The third kappa shape index (κ3) is 7.55. The van der Waals surface area contributed by atoms with Crippen LogP contribution in [0.3, 0.4) is 0 Å². The summed E-state index contributed by atoms with van der Waals surface area (Å²) in [5.41, 5.74) is 0.200. The van der Waals surface area contributed by atoms with Gasteiger partial charge in [0.15, 0.2) is 0 Å². The first-order valence-corrected chi connectivity index (χ1v) is 9.95. The van der Waals surface area contributed by atoms with Gasteiger partial charge in [-0.05, 0) is 63.8 Å². The van der Waals surface area contributed by atoms with Crippen LogP contribution in [-0.4, -0.2) is 41.8 Å². The van der Waals surface area contributed by atoms with Crippen molar-refractivity contribution in [1.82, 2.24) is 10.2 Å². The number of hydrogen-bond acceptors (Lipinski definition) is 3. The largest absolute Gasteiger partial charge is 0.444 e. The number of hydrogen-bond donors (Lipinski definition) is 1. The molecule has 2 aliphatic rings. The number of likely N-dealkylation sites (tertiary alicyclic amines) is 1. The molecular weight excluding hydrogens is 312 g/mol. The highest BCUT2D eigenvalue weighted by molar-refractivity contribution is 5.69. The second-order valence-corrected chi connectivity index (χ2v) is 10.7. The summed E-state index contributed by atoms with van der Waals surface area (Å²) in [6, 6.07) is 1.07. The summed E-state index contributed by atoms with van der Waals surface area (Å²) >= 11 is 0. The lowest BCUT2D eigenvalue weighted by atomic mass is 9.85. The summed E-state index contributed by atoms with van der Waals surface area (Å²) in [6.45, 7) is 21.2. The van der Waals surface area contributed by atoms with Gasteiger partial charge in [0.25, 0.3) is 0 Å². The average Bonchev–Trinajstić information content (AvgIpc) is 3.08. The zero-order chi connectivity index (χ0) is 19.5. The SMILES string of the molecule is CC(C)(C)C1CCCN1.CC(C)(C)OC(=O)N1CCCC1C(C)(C)C. The highest BCUT2D eigenvalue weighted by Gasteiger charge is 2.38. The Kier molecular flexibility index (Phi) is 7.38. The standard InChI is InChI=1S/C13H25NO2.C8H17N/c1-12(2,3)10-8-7-9-14(10)11(15)16-13(4,5)6;1-8(2,3)7-5-4-6-9-7/h10H,7-9H2,1-6H3;7,9H,4-6H2,1-3H3. The van der Waals surface area contributed by atoms with Crippen LogP contribution in [0.15, 0.2) is 0 Å². The summed E-state index contributed by atoms with van der Waals surface area (Å²) in [7, 11) is 0. The van der Waals surface area contributed by atoms with Crippen LogP contribution in [0, 0.1) is 10.8 Å². The topological polar surface area (TPSA) is 41.6 Å². The molecule has 2 heterocycles. The van der Waals surface area contributed by atoms with E-state index in [-0.39, 0.29) is 11.5 Å². The molecule has 2 aliphatic heterocycles. The van der Waals surface area contributed by atoms with E-state index >= 15 is 0 Å². The number of nitrogens with zero attached hydrogens (tertiary/aromatic N) is 1. The van der Waals surface area contributed by atoms with Crippen molar-refractivity contribution in [1.29, 1.82) is 0 Å². The van der Waals surface area contributed by atoms with E-state index in [1.54, 1.807) is 0 Å². The fourth-order valence-corrected chi connectivity index (χ4v) is 3.63. The van der Waals surface area contributed by atoms with Crippen LogP contribution >= 0.6 is 0 Å². The molecule has 2 atom stereocenters. The highest BCUT2D eigenvalue weighted by atomic mass is 16.6. The number of ether oxygens (including phenoxy) is 1. The second-order valence-electron chi connectivity index (χ2n) is 10.7. The van der Waals surface area contributed by atoms with Crippen molar-refractivity contribution in [3.05, 3.63) is 0 Å². The van der Waals surface area contributed by atoms with Gasteiger partial charge in [-0.25, -0.2) is 4.79 Å². The Bertz CT molecular complexity index is 421. The van der Waals surface area contributed by atoms with Crippen LogP contribution in [0.2, 0.25) is 0 Å². The third-order valence-electron chi connectivity index (χ3n) is 4.99. The molecule has 2 saturated heterocycles. The molecule has 0 aromatic carbocycles. The van der Waals surface area contributed by atoms with Crippen LogP contribution in [0.5, 0.6) is 0 Å². The van der Waals surface area contributed by atoms with Gasteiger partial charge in [0.05, 0.1) is 0 Å². The molecule has 2 unspecified atom stereocenters. The van der Waals surface area contributed by atoms with Gasteiger partial charge in [0.1, 0.15) is 5.60 Å².